The minimum atomic E-state index is -3.94. The Balaban J connectivity index is 2.29. The number of halogens is 1. The zero-order valence-electron chi connectivity index (χ0n) is 13.7. The van der Waals surface area contributed by atoms with Crippen molar-refractivity contribution in [2.45, 2.75) is 18.9 Å². The third-order valence-electron chi connectivity index (χ3n) is 3.50. The second kappa shape index (κ2) is 7.23. The summed E-state index contributed by atoms with van der Waals surface area (Å²) in [5.41, 5.74) is 0.681. The van der Waals surface area contributed by atoms with Crippen molar-refractivity contribution < 1.29 is 13.2 Å². The molecule has 0 spiro atoms. The second-order valence-electron chi connectivity index (χ2n) is 5.12. The van der Waals surface area contributed by atoms with Crippen LogP contribution in [-0.2, 0) is 17.1 Å². The lowest BCUT2D eigenvalue weighted by atomic mass is 10.2. The van der Waals surface area contributed by atoms with Gasteiger partial charge in [-0.25, -0.2) is 4.98 Å². The molecule has 1 amide bonds. The number of benzene rings is 1. The van der Waals surface area contributed by atoms with Gasteiger partial charge in [0.2, 0.25) is 5.03 Å². The summed E-state index contributed by atoms with van der Waals surface area (Å²) in [6, 6.07) is 6.32. The van der Waals surface area contributed by atoms with Crippen LogP contribution >= 0.6 is 11.6 Å². The average molecular weight is 371 g/mol. The highest BCUT2D eigenvalue weighted by Crippen LogP contribution is 2.22. The van der Waals surface area contributed by atoms with Gasteiger partial charge in [0.05, 0.1) is 6.33 Å². The van der Waals surface area contributed by atoms with Crippen LogP contribution in [0.1, 0.15) is 24.2 Å². The highest BCUT2D eigenvalue weighted by Gasteiger charge is 2.23. The van der Waals surface area contributed by atoms with Gasteiger partial charge in [0.25, 0.3) is 15.9 Å². The lowest BCUT2D eigenvalue weighted by molar-refractivity contribution is 0.0773. The number of amides is 1. The molecule has 1 aromatic carbocycles. The maximum absolute atomic E-state index is 12.4. The van der Waals surface area contributed by atoms with E-state index < -0.39 is 10.0 Å². The van der Waals surface area contributed by atoms with Gasteiger partial charge in [-0.05, 0) is 32.0 Å². The third kappa shape index (κ3) is 3.70. The molecule has 0 aliphatic carbocycles. The van der Waals surface area contributed by atoms with Gasteiger partial charge < -0.3 is 9.47 Å². The van der Waals surface area contributed by atoms with E-state index in [0.29, 0.717) is 18.7 Å². The Hall–Kier alpha value is -2.06. The van der Waals surface area contributed by atoms with Crippen LogP contribution in [0.5, 0.6) is 0 Å². The van der Waals surface area contributed by atoms with E-state index >= 15 is 0 Å². The van der Waals surface area contributed by atoms with Crippen molar-refractivity contribution in [1.82, 2.24) is 14.5 Å². The molecular formula is C15H19ClN4O3S. The number of hydrogen-bond donors (Lipinski definition) is 1. The van der Waals surface area contributed by atoms with Crippen molar-refractivity contribution in [3.8, 4) is 0 Å². The molecule has 2 rings (SSSR count). The predicted octanol–water partition coefficient (Wildman–Crippen LogP) is 2.36. The van der Waals surface area contributed by atoms with Gasteiger partial charge in [0.1, 0.15) is 5.15 Å². The molecule has 0 atom stereocenters. The first kappa shape index (κ1) is 18.3. The maximum Gasteiger partial charge on any atom is 0.282 e. The number of imidazole rings is 1. The van der Waals surface area contributed by atoms with E-state index in [4.69, 9.17) is 11.6 Å². The molecule has 130 valence electrons. The van der Waals surface area contributed by atoms with Crippen LogP contribution in [0.3, 0.4) is 0 Å². The summed E-state index contributed by atoms with van der Waals surface area (Å²) in [6.45, 7) is 4.93. The van der Waals surface area contributed by atoms with Gasteiger partial charge in [-0.15, -0.1) is 0 Å². The summed E-state index contributed by atoms with van der Waals surface area (Å²) in [4.78, 5) is 17.8. The quantitative estimate of drug-likeness (QED) is 0.845. The first-order valence-electron chi connectivity index (χ1n) is 7.39. The van der Waals surface area contributed by atoms with Gasteiger partial charge in [0, 0.05) is 31.4 Å². The van der Waals surface area contributed by atoms with E-state index in [1.807, 2.05) is 13.8 Å². The second-order valence-corrected chi connectivity index (χ2v) is 7.07. The van der Waals surface area contributed by atoms with E-state index in [0.717, 1.165) is 0 Å². The van der Waals surface area contributed by atoms with E-state index in [1.165, 1.54) is 17.0 Å². The molecule has 0 aliphatic rings. The molecule has 1 aromatic heterocycles. The molecule has 0 aliphatic heterocycles. The van der Waals surface area contributed by atoms with Gasteiger partial charge in [-0.3, -0.25) is 9.52 Å². The van der Waals surface area contributed by atoms with Crippen molar-refractivity contribution in [2.75, 3.05) is 17.8 Å². The minimum Gasteiger partial charge on any atom is -0.339 e. The number of nitrogens with zero attached hydrogens (tertiary/aromatic N) is 3. The fraction of sp³-hybridized carbons (Fsp3) is 0.333. The minimum absolute atomic E-state index is 0.0119. The number of hydrogen-bond acceptors (Lipinski definition) is 4. The van der Waals surface area contributed by atoms with Gasteiger partial charge >= 0.3 is 0 Å². The van der Waals surface area contributed by atoms with Crippen LogP contribution in [0.15, 0.2) is 35.6 Å². The van der Waals surface area contributed by atoms with Crippen molar-refractivity contribution in [2.24, 2.45) is 7.05 Å². The Bertz CT molecular complexity index is 844. The standard InChI is InChI=1S/C15H19ClN4O3S/c1-4-20(5-2)15(21)11-7-6-8-12(9-11)18-24(22,23)14-13(16)19(3)10-17-14/h6-10,18H,4-5H2,1-3H3. The molecule has 1 N–H and O–H groups in total. The Morgan fingerprint density at radius 3 is 2.54 bits per heavy atom. The lowest BCUT2D eigenvalue weighted by Gasteiger charge is -2.19. The lowest BCUT2D eigenvalue weighted by Crippen LogP contribution is -2.30. The summed E-state index contributed by atoms with van der Waals surface area (Å²) in [6.07, 6.45) is 1.32. The summed E-state index contributed by atoms with van der Waals surface area (Å²) in [5.74, 6) is -0.156. The number of carbonyl (C=O) groups excluding carboxylic acids is 1. The maximum atomic E-state index is 12.4. The van der Waals surface area contributed by atoms with Gasteiger partial charge in [-0.1, -0.05) is 17.7 Å². The predicted molar refractivity (Wildman–Crippen MR) is 92.7 cm³/mol. The largest absolute Gasteiger partial charge is 0.339 e. The number of anilines is 1. The number of aromatic nitrogens is 2. The number of nitrogens with one attached hydrogen (secondary N) is 1. The van der Waals surface area contributed by atoms with Crippen LogP contribution < -0.4 is 4.72 Å². The summed E-state index contributed by atoms with van der Waals surface area (Å²) >= 11 is 5.94. The van der Waals surface area contributed by atoms with Crippen LogP contribution in [0.2, 0.25) is 5.15 Å². The summed E-state index contributed by atoms with van der Waals surface area (Å²) in [5, 5.41) is -0.245. The van der Waals surface area contributed by atoms with Crippen molar-refractivity contribution in [1.29, 1.82) is 0 Å². The molecule has 0 unspecified atom stereocenters. The summed E-state index contributed by atoms with van der Waals surface area (Å²) in [7, 11) is -2.34. The SMILES string of the molecule is CCN(CC)C(=O)c1cccc(NS(=O)(=O)c2ncn(C)c2Cl)c1. The average Bonchev–Trinajstić information content (AvgIpc) is 2.88. The number of carbonyl (C=O) groups is 1. The Kier molecular flexibility index (Phi) is 5.51. The van der Waals surface area contributed by atoms with E-state index in [2.05, 4.69) is 9.71 Å². The first-order chi connectivity index (χ1) is 11.3. The molecular weight excluding hydrogens is 352 g/mol. The van der Waals surface area contributed by atoms with E-state index in [1.54, 1.807) is 30.1 Å². The molecule has 0 fully saturated rings. The van der Waals surface area contributed by atoms with Crippen LogP contribution in [0.25, 0.3) is 0 Å². The normalized spacial score (nSPS) is 11.3. The highest BCUT2D eigenvalue weighted by atomic mass is 35.5. The molecule has 0 saturated carbocycles. The number of sulfonamides is 1. The van der Waals surface area contributed by atoms with Crippen molar-refractivity contribution >= 4 is 33.2 Å². The van der Waals surface area contributed by atoms with Gasteiger partial charge in [-0.2, -0.15) is 8.42 Å². The van der Waals surface area contributed by atoms with E-state index in [9.17, 15) is 13.2 Å². The Morgan fingerprint density at radius 1 is 1.33 bits per heavy atom. The topological polar surface area (TPSA) is 84.3 Å². The van der Waals surface area contributed by atoms with Crippen LogP contribution in [0.4, 0.5) is 5.69 Å². The zero-order chi connectivity index (χ0) is 17.9. The molecule has 1 heterocycles. The number of rotatable bonds is 6. The summed E-state index contributed by atoms with van der Waals surface area (Å²) < 4.78 is 28.6. The van der Waals surface area contributed by atoms with Gasteiger partial charge in [0.15, 0.2) is 0 Å². The first-order valence-corrected chi connectivity index (χ1v) is 9.25. The monoisotopic (exact) mass is 370 g/mol. The molecule has 24 heavy (non-hydrogen) atoms. The van der Waals surface area contributed by atoms with E-state index in [-0.39, 0.29) is 21.8 Å². The van der Waals surface area contributed by atoms with Crippen LogP contribution in [-0.4, -0.2) is 41.9 Å². The zero-order valence-corrected chi connectivity index (χ0v) is 15.2. The van der Waals surface area contributed by atoms with Crippen LogP contribution in [0, 0.1) is 0 Å². The van der Waals surface area contributed by atoms with Crippen molar-refractivity contribution in [3.05, 3.63) is 41.3 Å². The van der Waals surface area contributed by atoms with Crippen molar-refractivity contribution in [3.63, 3.8) is 0 Å². The molecule has 0 bridgehead atoms. The molecule has 0 radical (unpaired) electrons. The molecule has 2 aromatic rings. The smallest absolute Gasteiger partial charge is 0.282 e. The fourth-order valence-electron chi connectivity index (χ4n) is 2.19. The number of aryl methyl sites for hydroxylation is 1. The molecule has 0 saturated heterocycles. The highest BCUT2D eigenvalue weighted by molar-refractivity contribution is 7.92. The molecule has 7 nitrogen and oxygen atoms in total. The molecule has 9 heteroatoms. The fourth-order valence-corrected chi connectivity index (χ4v) is 3.67. The Labute approximate surface area is 146 Å². The third-order valence-corrected chi connectivity index (χ3v) is 5.37. The Morgan fingerprint density at radius 2 is 2.00 bits per heavy atom.